The molecule has 0 saturated carbocycles. The molecule has 0 saturated heterocycles. The van der Waals surface area contributed by atoms with E-state index in [9.17, 15) is 18.3 Å². The summed E-state index contributed by atoms with van der Waals surface area (Å²) in [5.74, 6) is -0.281. The second-order valence-electron chi connectivity index (χ2n) is 8.83. The minimum Gasteiger partial charge on any atom is -0.492 e. The normalized spacial score (nSPS) is 12.3. The molecule has 1 atom stereocenters. The number of nitrogens with zero attached hydrogens (tertiary/aromatic N) is 1. The number of ether oxygens (including phenoxy) is 2. The first kappa shape index (κ1) is 27.2. The third kappa shape index (κ3) is 6.33. The van der Waals surface area contributed by atoms with Crippen LogP contribution in [0, 0.1) is 6.92 Å². The van der Waals surface area contributed by atoms with E-state index in [0.717, 1.165) is 22.5 Å². The molecule has 0 aliphatic heterocycles. The summed E-state index contributed by atoms with van der Waals surface area (Å²) in [6.07, 6.45) is -0.574. The maximum Gasteiger partial charge on any atom is 0.333 e. The van der Waals surface area contributed by atoms with Crippen molar-refractivity contribution in [3.8, 4) is 17.0 Å². The topological polar surface area (TPSA) is 94.8 Å². The maximum absolute atomic E-state index is 12.9. The van der Waals surface area contributed by atoms with Gasteiger partial charge in [-0.2, -0.15) is 0 Å². The van der Waals surface area contributed by atoms with Crippen molar-refractivity contribution in [1.29, 1.82) is 0 Å². The van der Waals surface area contributed by atoms with Gasteiger partial charge >= 0.3 is 5.97 Å². The number of rotatable bonds is 12. The fourth-order valence-corrected chi connectivity index (χ4v) is 5.55. The summed E-state index contributed by atoms with van der Waals surface area (Å²) in [4.78, 5) is 11.8. The van der Waals surface area contributed by atoms with Crippen LogP contribution in [0.5, 0.6) is 5.75 Å². The van der Waals surface area contributed by atoms with E-state index >= 15 is 0 Å². The molecule has 4 aromatic rings. The van der Waals surface area contributed by atoms with E-state index in [1.54, 1.807) is 49.4 Å². The number of aliphatic carboxylic acids is 1. The third-order valence-corrected chi connectivity index (χ3v) is 8.07. The molecule has 4 rings (SSSR count). The highest BCUT2D eigenvalue weighted by Crippen LogP contribution is 2.27. The van der Waals surface area contributed by atoms with Crippen molar-refractivity contribution < 1.29 is 27.8 Å². The Morgan fingerprint density at radius 2 is 1.55 bits per heavy atom. The molecule has 8 heteroatoms. The molecule has 1 aromatic heterocycles. The Morgan fingerprint density at radius 1 is 0.895 bits per heavy atom. The first-order valence-corrected chi connectivity index (χ1v) is 13.9. The van der Waals surface area contributed by atoms with Crippen molar-refractivity contribution in [3.63, 3.8) is 0 Å². The largest absolute Gasteiger partial charge is 0.492 e. The molecule has 0 aliphatic rings. The minimum atomic E-state index is -3.57. The van der Waals surface area contributed by atoms with Crippen LogP contribution < -0.4 is 4.74 Å². The average Bonchev–Trinajstić information content (AvgIpc) is 3.30. The first-order chi connectivity index (χ1) is 18.3. The van der Waals surface area contributed by atoms with Gasteiger partial charge in [-0.15, -0.1) is 0 Å². The summed E-state index contributed by atoms with van der Waals surface area (Å²) >= 11 is 0. The van der Waals surface area contributed by atoms with E-state index in [0.29, 0.717) is 31.9 Å². The molecule has 1 heterocycles. The van der Waals surface area contributed by atoms with Crippen molar-refractivity contribution in [3.05, 3.63) is 102 Å². The molecular weight excluding hydrogens is 502 g/mol. The Bertz CT molecular complexity index is 1460. The van der Waals surface area contributed by atoms with E-state index in [1.807, 2.05) is 55.5 Å². The highest BCUT2D eigenvalue weighted by molar-refractivity contribution is 7.91. The number of sulfone groups is 1. The van der Waals surface area contributed by atoms with Crippen LogP contribution in [0.1, 0.15) is 18.2 Å². The zero-order valence-corrected chi connectivity index (χ0v) is 22.2. The summed E-state index contributed by atoms with van der Waals surface area (Å²) in [7, 11) is -3.57. The van der Waals surface area contributed by atoms with E-state index in [1.165, 1.54) is 0 Å². The molecule has 1 N–H and O–H groups in total. The van der Waals surface area contributed by atoms with Gasteiger partial charge in [0.1, 0.15) is 12.4 Å². The van der Waals surface area contributed by atoms with Gasteiger partial charge in [0.05, 0.1) is 16.3 Å². The van der Waals surface area contributed by atoms with E-state index in [2.05, 4.69) is 4.57 Å². The van der Waals surface area contributed by atoms with Crippen LogP contribution >= 0.6 is 0 Å². The van der Waals surface area contributed by atoms with E-state index in [4.69, 9.17) is 9.47 Å². The van der Waals surface area contributed by atoms with Gasteiger partial charge in [-0.25, -0.2) is 13.2 Å². The summed E-state index contributed by atoms with van der Waals surface area (Å²) in [6.45, 7) is 5.17. The Hall–Kier alpha value is -3.88. The Labute approximate surface area is 223 Å². The number of carbonyl (C=O) groups is 1. The Morgan fingerprint density at radius 3 is 2.18 bits per heavy atom. The molecule has 7 nitrogen and oxygen atoms in total. The molecule has 198 valence electrons. The molecule has 38 heavy (non-hydrogen) atoms. The van der Waals surface area contributed by atoms with E-state index < -0.39 is 21.9 Å². The van der Waals surface area contributed by atoms with Crippen molar-refractivity contribution >= 4 is 15.8 Å². The molecule has 0 radical (unpaired) electrons. The van der Waals surface area contributed by atoms with Crippen LogP contribution in [-0.2, 0) is 32.3 Å². The number of hydrogen-bond donors (Lipinski definition) is 1. The number of aryl methyl sites for hydroxylation is 1. The number of carboxylic acids is 1. The monoisotopic (exact) mass is 533 g/mol. The highest BCUT2D eigenvalue weighted by Gasteiger charge is 2.19. The zero-order chi connectivity index (χ0) is 27.1. The molecular formula is C30H31NO6S. The van der Waals surface area contributed by atoms with E-state index in [-0.39, 0.29) is 9.79 Å². The van der Waals surface area contributed by atoms with Gasteiger partial charge in [-0.05, 0) is 73.5 Å². The van der Waals surface area contributed by atoms with Crippen molar-refractivity contribution in [1.82, 2.24) is 4.57 Å². The molecule has 0 bridgehead atoms. The van der Waals surface area contributed by atoms with Gasteiger partial charge in [-0.3, -0.25) is 0 Å². The van der Waals surface area contributed by atoms with Crippen molar-refractivity contribution in [2.24, 2.45) is 0 Å². The third-order valence-electron chi connectivity index (χ3n) is 6.28. The average molecular weight is 534 g/mol. The van der Waals surface area contributed by atoms with Gasteiger partial charge < -0.3 is 19.1 Å². The molecule has 0 aliphatic carbocycles. The lowest BCUT2D eigenvalue weighted by Crippen LogP contribution is -2.26. The standard InChI is InChI=1S/C30H31NO6S/c1-3-36-29(30(32)33)21-23-10-14-25(15-11-23)37-20-19-31-22(2)9-18-28(31)24-12-16-27(17-13-24)38(34,35)26-7-5-4-6-8-26/h4-18,29H,3,19-21H2,1-2H3,(H,32,33). The van der Waals surface area contributed by atoms with Crippen molar-refractivity contribution in [2.75, 3.05) is 13.2 Å². The predicted molar refractivity (Wildman–Crippen MR) is 145 cm³/mol. The highest BCUT2D eigenvalue weighted by atomic mass is 32.2. The fourth-order valence-electron chi connectivity index (χ4n) is 4.27. The molecule has 0 amide bonds. The fraction of sp³-hybridized carbons (Fsp3) is 0.233. The van der Waals surface area contributed by atoms with Crippen LogP contribution in [0.4, 0.5) is 0 Å². The quantitative estimate of drug-likeness (QED) is 0.262. The van der Waals surface area contributed by atoms with Crippen molar-refractivity contribution in [2.45, 2.75) is 42.7 Å². The molecule has 1 unspecified atom stereocenters. The second-order valence-corrected chi connectivity index (χ2v) is 10.8. The van der Waals surface area contributed by atoms with Crippen LogP contribution in [0.25, 0.3) is 11.3 Å². The predicted octanol–water partition coefficient (Wildman–Crippen LogP) is 5.41. The van der Waals surface area contributed by atoms with Crippen LogP contribution in [0.2, 0.25) is 0 Å². The molecule has 3 aromatic carbocycles. The van der Waals surface area contributed by atoms with Gasteiger partial charge in [0, 0.05) is 24.4 Å². The number of hydrogen-bond acceptors (Lipinski definition) is 5. The van der Waals surface area contributed by atoms with Crippen LogP contribution in [0.15, 0.2) is 101 Å². The lowest BCUT2D eigenvalue weighted by molar-refractivity contribution is -0.149. The number of aromatic nitrogens is 1. The van der Waals surface area contributed by atoms with Gasteiger partial charge in [0.25, 0.3) is 0 Å². The second kappa shape index (κ2) is 12.1. The number of carboxylic acid groups (broad SMARTS) is 1. The lowest BCUT2D eigenvalue weighted by Gasteiger charge is -2.14. The maximum atomic E-state index is 12.9. The zero-order valence-electron chi connectivity index (χ0n) is 21.4. The Balaban J connectivity index is 1.40. The molecule has 0 fully saturated rings. The van der Waals surface area contributed by atoms with Crippen LogP contribution in [-0.4, -0.2) is 43.4 Å². The van der Waals surface area contributed by atoms with Gasteiger partial charge in [0.15, 0.2) is 6.10 Å². The molecule has 0 spiro atoms. The summed E-state index contributed by atoms with van der Waals surface area (Å²) < 4.78 is 39.2. The summed E-state index contributed by atoms with van der Waals surface area (Å²) in [5.41, 5.74) is 3.81. The first-order valence-electron chi connectivity index (χ1n) is 12.4. The smallest absolute Gasteiger partial charge is 0.333 e. The minimum absolute atomic E-state index is 0.255. The SMILES string of the molecule is CCOC(Cc1ccc(OCCn2c(C)ccc2-c2ccc(S(=O)(=O)c3ccccc3)cc2)cc1)C(=O)O. The number of benzene rings is 3. The summed E-state index contributed by atoms with van der Waals surface area (Å²) in [6, 6.07) is 26.7. The lowest BCUT2D eigenvalue weighted by atomic mass is 10.1. The van der Waals surface area contributed by atoms with Gasteiger partial charge in [0.2, 0.25) is 9.84 Å². The van der Waals surface area contributed by atoms with Crippen LogP contribution in [0.3, 0.4) is 0 Å². The van der Waals surface area contributed by atoms with Gasteiger partial charge in [-0.1, -0.05) is 42.5 Å². The Kier molecular flexibility index (Phi) is 8.66. The summed E-state index contributed by atoms with van der Waals surface area (Å²) in [5, 5.41) is 9.27.